The summed E-state index contributed by atoms with van der Waals surface area (Å²) in [5.74, 6) is -0.507. The Hall–Kier alpha value is -2.44. The van der Waals surface area contributed by atoms with Crippen molar-refractivity contribution in [3.63, 3.8) is 0 Å². The van der Waals surface area contributed by atoms with Crippen molar-refractivity contribution in [3.05, 3.63) is 60.8 Å². The van der Waals surface area contributed by atoms with Crippen LogP contribution in [0.15, 0.2) is 60.8 Å². The Bertz CT molecular complexity index is 1140. The van der Waals surface area contributed by atoms with Crippen molar-refractivity contribution in [2.45, 2.75) is 289 Å². The quantitative estimate of drug-likeness (QED) is 0.0321. The van der Waals surface area contributed by atoms with Crippen LogP contribution in [0.3, 0.4) is 0 Å². The predicted molar refractivity (Wildman–Crippen MR) is 278 cm³/mol. The van der Waals surface area contributed by atoms with Crippen molar-refractivity contribution in [3.8, 4) is 0 Å². The van der Waals surface area contributed by atoms with Crippen molar-refractivity contribution in [1.29, 1.82) is 0 Å². The molecule has 0 aliphatic heterocycles. The Balaban J connectivity index is 4.62. The molecule has 64 heavy (non-hydrogen) atoms. The van der Waals surface area contributed by atoms with E-state index in [-0.39, 0.29) is 24.9 Å². The van der Waals surface area contributed by atoms with E-state index in [4.69, 9.17) is 4.74 Å². The largest absolute Gasteiger partial charge is 0.462 e. The molecule has 3 atom stereocenters. The average molecular weight is 896 g/mol. The number of unbranched alkanes of at least 4 members (excludes halogenated alkanes) is 31. The molecule has 0 bridgehead atoms. The SMILES string of the molecule is CCC/C=C/C=C/C=C/C=C/C=C/CCCCCC(CC(=O)NC(CO)C(O)CCCCCCCCCCCCC)OC(=O)CCCCCCCCCCCCCCCCCCCC. The Morgan fingerprint density at radius 3 is 1.27 bits per heavy atom. The molecular weight excluding hydrogens is 791 g/mol. The van der Waals surface area contributed by atoms with Gasteiger partial charge in [0.2, 0.25) is 5.91 Å². The molecule has 0 aromatic heterocycles. The van der Waals surface area contributed by atoms with Gasteiger partial charge in [-0.05, 0) is 44.9 Å². The molecule has 0 saturated carbocycles. The van der Waals surface area contributed by atoms with Crippen molar-refractivity contribution in [2.75, 3.05) is 6.61 Å². The maximum Gasteiger partial charge on any atom is 0.306 e. The molecule has 0 aromatic rings. The molecule has 0 rings (SSSR count). The van der Waals surface area contributed by atoms with Crippen LogP contribution >= 0.6 is 0 Å². The summed E-state index contributed by atoms with van der Waals surface area (Å²) in [4.78, 5) is 26.2. The molecular formula is C58H105NO5. The molecule has 0 saturated heterocycles. The first-order chi connectivity index (χ1) is 31.5. The molecule has 372 valence electrons. The third-order valence-electron chi connectivity index (χ3n) is 12.5. The van der Waals surface area contributed by atoms with Gasteiger partial charge in [0.15, 0.2) is 0 Å². The number of hydrogen-bond donors (Lipinski definition) is 3. The molecule has 0 aliphatic carbocycles. The molecule has 6 nitrogen and oxygen atoms in total. The third kappa shape index (κ3) is 46.1. The van der Waals surface area contributed by atoms with Crippen LogP contribution in [-0.4, -0.2) is 46.9 Å². The summed E-state index contributed by atoms with van der Waals surface area (Å²) in [6.07, 6.45) is 64.2. The number of amides is 1. The zero-order valence-electron chi connectivity index (χ0n) is 42.4. The number of ether oxygens (including phenoxy) is 1. The van der Waals surface area contributed by atoms with Crippen LogP contribution in [0, 0.1) is 0 Å². The lowest BCUT2D eigenvalue weighted by Gasteiger charge is -2.24. The minimum absolute atomic E-state index is 0.0506. The molecule has 3 unspecified atom stereocenters. The van der Waals surface area contributed by atoms with Gasteiger partial charge in [0.05, 0.1) is 25.2 Å². The fraction of sp³-hybridized carbons (Fsp3) is 0.793. The van der Waals surface area contributed by atoms with Gasteiger partial charge in [0.25, 0.3) is 0 Å². The summed E-state index contributed by atoms with van der Waals surface area (Å²) in [5.41, 5.74) is 0. The van der Waals surface area contributed by atoms with E-state index in [0.29, 0.717) is 19.3 Å². The topological polar surface area (TPSA) is 95.9 Å². The van der Waals surface area contributed by atoms with Crippen LogP contribution in [0.1, 0.15) is 271 Å². The molecule has 0 aliphatic rings. The van der Waals surface area contributed by atoms with E-state index in [2.05, 4.69) is 50.4 Å². The number of carbonyl (C=O) groups excluding carboxylic acids is 2. The Kier molecular flexibility index (Phi) is 49.6. The first-order valence-corrected chi connectivity index (χ1v) is 27.6. The Morgan fingerprint density at radius 2 is 0.828 bits per heavy atom. The standard InChI is InChI=1S/C58H105NO5/c1-4-7-10-13-16-19-22-24-26-28-29-31-33-36-39-42-45-48-51-58(63)64-54(49-46-43-40-37-35-32-30-27-25-23-20-17-14-11-8-5-2)52-57(62)59-55(53-60)56(61)50-47-44-41-38-34-21-18-15-12-9-6-3/h11,14,17,20,23,25,27,30,32,35,54-56,60-61H,4-10,12-13,15-16,18-19,21-22,24,26,28-29,31,33-34,36-53H2,1-3H3,(H,59,62)/b14-11+,20-17+,25-23+,30-27+,35-32+. The number of allylic oxidation sites excluding steroid dienone is 10. The van der Waals surface area contributed by atoms with Gasteiger partial charge >= 0.3 is 5.97 Å². The highest BCUT2D eigenvalue weighted by Gasteiger charge is 2.24. The summed E-state index contributed by atoms with van der Waals surface area (Å²) in [7, 11) is 0. The van der Waals surface area contributed by atoms with E-state index in [1.54, 1.807) is 0 Å². The number of aliphatic hydroxyl groups is 2. The van der Waals surface area contributed by atoms with Crippen molar-refractivity contribution < 1.29 is 24.5 Å². The van der Waals surface area contributed by atoms with Crippen LogP contribution in [0.25, 0.3) is 0 Å². The minimum atomic E-state index is -0.799. The fourth-order valence-electron chi connectivity index (χ4n) is 8.29. The van der Waals surface area contributed by atoms with E-state index in [9.17, 15) is 19.8 Å². The summed E-state index contributed by atoms with van der Waals surface area (Å²) >= 11 is 0. The number of hydrogen-bond acceptors (Lipinski definition) is 5. The van der Waals surface area contributed by atoms with Gasteiger partial charge in [0, 0.05) is 6.42 Å². The molecule has 3 N–H and O–H groups in total. The summed E-state index contributed by atoms with van der Waals surface area (Å²) < 4.78 is 5.94. The fourth-order valence-corrected chi connectivity index (χ4v) is 8.29. The molecule has 6 heteroatoms. The zero-order chi connectivity index (χ0) is 46.7. The lowest BCUT2D eigenvalue weighted by Crippen LogP contribution is -2.46. The molecule has 0 spiro atoms. The van der Waals surface area contributed by atoms with Crippen molar-refractivity contribution >= 4 is 11.9 Å². The zero-order valence-corrected chi connectivity index (χ0v) is 42.4. The molecule has 0 radical (unpaired) electrons. The van der Waals surface area contributed by atoms with Gasteiger partial charge < -0.3 is 20.3 Å². The second kappa shape index (κ2) is 51.5. The molecule has 0 heterocycles. The molecule has 0 fully saturated rings. The lowest BCUT2D eigenvalue weighted by atomic mass is 10.0. The van der Waals surface area contributed by atoms with Crippen LogP contribution in [0.5, 0.6) is 0 Å². The number of carbonyl (C=O) groups is 2. The van der Waals surface area contributed by atoms with E-state index in [1.165, 1.54) is 154 Å². The lowest BCUT2D eigenvalue weighted by molar-refractivity contribution is -0.151. The summed E-state index contributed by atoms with van der Waals surface area (Å²) in [6.45, 7) is 6.40. The number of nitrogens with one attached hydrogen (secondary N) is 1. The van der Waals surface area contributed by atoms with E-state index < -0.39 is 18.2 Å². The normalized spacial score (nSPS) is 13.6. The summed E-state index contributed by atoms with van der Waals surface area (Å²) in [5, 5.41) is 23.8. The van der Waals surface area contributed by atoms with Crippen LogP contribution in [-0.2, 0) is 14.3 Å². The monoisotopic (exact) mass is 896 g/mol. The highest BCUT2D eigenvalue weighted by Crippen LogP contribution is 2.18. The number of rotatable bonds is 49. The second-order valence-electron chi connectivity index (χ2n) is 18.8. The first-order valence-electron chi connectivity index (χ1n) is 27.6. The van der Waals surface area contributed by atoms with Gasteiger partial charge in [-0.25, -0.2) is 0 Å². The van der Waals surface area contributed by atoms with Gasteiger partial charge in [-0.15, -0.1) is 0 Å². The van der Waals surface area contributed by atoms with Gasteiger partial charge in [-0.1, -0.05) is 274 Å². The third-order valence-corrected chi connectivity index (χ3v) is 12.5. The number of aliphatic hydroxyl groups excluding tert-OH is 2. The predicted octanol–water partition coefficient (Wildman–Crippen LogP) is 16.8. The van der Waals surface area contributed by atoms with Crippen LogP contribution in [0.4, 0.5) is 0 Å². The Labute approximate surface area is 397 Å². The molecule has 0 aromatic carbocycles. The molecule has 1 amide bonds. The van der Waals surface area contributed by atoms with Crippen LogP contribution < -0.4 is 5.32 Å². The minimum Gasteiger partial charge on any atom is -0.462 e. The van der Waals surface area contributed by atoms with Crippen molar-refractivity contribution in [1.82, 2.24) is 5.32 Å². The number of esters is 1. The first kappa shape index (κ1) is 61.6. The van der Waals surface area contributed by atoms with Gasteiger partial charge in [-0.3, -0.25) is 9.59 Å². The van der Waals surface area contributed by atoms with E-state index in [0.717, 1.165) is 70.6 Å². The highest BCUT2D eigenvalue weighted by molar-refractivity contribution is 5.77. The van der Waals surface area contributed by atoms with Gasteiger partial charge in [-0.2, -0.15) is 0 Å². The van der Waals surface area contributed by atoms with E-state index >= 15 is 0 Å². The van der Waals surface area contributed by atoms with E-state index in [1.807, 2.05) is 36.5 Å². The maximum atomic E-state index is 13.2. The summed E-state index contributed by atoms with van der Waals surface area (Å²) in [6, 6.07) is -0.716. The highest BCUT2D eigenvalue weighted by atomic mass is 16.5. The smallest absolute Gasteiger partial charge is 0.306 e. The van der Waals surface area contributed by atoms with Crippen molar-refractivity contribution in [2.24, 2.45) is 0 Å². The Morgan fingerprint density at radius 1 is 0.453 bits per heavy atom. The van der Waals surface area contributed by atoms with Gasteiger partial charge in [0.1, 0.15) is 6.10 Å². The van der Waals surface area contributed by atoms with Crippen LogP contribution in [0.2, 0.25) is 0 Å². The average Bonchev–Trinajstić information content (AvgIpc) is 3.29. The maximum absolute atomic E-state index is 13.2. The second-order valence-corrected chi connectivity index (χ2v) is 18.8.